The van der Waals surface area contributed by atoms with Crippen LogP contribution in [0, 0.1) is 0 Å². The first-order chi connectivity index (χ1) is 5.86. The van der Waals surface area contributed by atoms with Crippen molar-refractivity contribution in [2.75, 3.05) is 0 Å². The molecule has 0 aromatic rings. The lowest BCUT2D eigenvalue weighted by molar-refractivity contribution is 0.246. The molecule has 2 aliphatic rings. The summed E-state index contributed by atoms with van der Waals surface area (Å²) in [6, 6.07) is 1.86. The van der Waals surface area contributed by atoms with Crippen molar-refractivity contribution in [2.45, 2.75) is 63.1 Å². The highest BCUT2D eigenvalue weighted by molar-refractivity contribution is 5.85. The van der Waals surface area contributed by atoms with Gasteiger partial charge in [0.05, 0.1) is 0 Å². The summed E-state index contributed by atoms with van der Waals surface area (Å²) in [6.45, 7) is 0. The van der Waals surface area contributed by atoms with Crippen molar-refractivity contribution in [3.05, 3.63) is 0 Å². The van der Waals surface area contributed by atoms with Crippen LogP contribution in [0.2, 0.25) is 0 Å². The number of hydrogen-bond donors (Lipinski definition) is 2. The summed E-state index contributed by atoms with van der Waals surface area (Å²) in [5.74, 6) is 0. The van der Waals surface area contributed by atoms with Crippen LogP contribution in [0.25, 0.3) is 0 Å². The molecule has 0 saturated heterocycles. The predicted octanol–water partition coefficient (Wildman–Crippen LogP) is 2.24. The van der Waals surface area contributed by atoms with E-state index in [-0.39, 0.29) is 24.8 Å². The van der Waals surface area contributed by atoms with Gasteiger partial charge in [-0.3, -0.25) is 0 Å². The fourth-order valence-electron chi connectivity index (χ4n) is 2.24. The molecule has 2 atom stereocenters. The SMILES string of the molecule is Cl.Cl.N[C@@H]1CCCC[C@H]1NC1CCC1. The van der Waals surface area contributed by atoms with E-state index in [0.29, 0.717) is 12.1 Å². The van der Waals surface area contributed by atoms with Crippen LogP contribution in [-0.2, 0) is 0 Å². The third kappa shape index (κ3) is 3.58. The molecule has 0 aromatic heterocycles. The first-order valence-electron chi connectivity index (χ1n) is 5.38. The molecular formula is C10H22Cl2N2. The maximum atomic E-state index is 6.04. The van der Waals surface area contributed by atoms with Crippen molar-refractivity contribution in [3.8, 4) is 0 Å². The van der Waals surface area contributed by atoms with E-state index in [1.165, 1.54) is 44.9 Å². The molecule has 4 heteroatoms. The lowest BCUT2D eigenvalue weighted by atomic mass is 9.87. The minimum Gasteiger partial charge on any atom is -0.326 e. The second-order valence-corrected chi connectivity index (χ2v) is 4.35. The summed E-state index contributed by atoms with van der Waals surface area (Å²) in [4.78, 5) is 0. The van der Waals surface area contributed by atoms with Gasteiger partial charge in [0.1, 0.15) is 0 Å². The minimum atomic E-state index is 0. The molecule has 0 amide bonds. The molecule has 0 bridgehead atoms. The molecule has 0 radical (unpaired) electrons. The summed E-state index contributed by atoms with van der Waals surface area (Å²) in [7, 11) is 0. The fraction of sp³-hybridized carbons (Fsp3) is 1.00. The van der Waals surface area contributed by atoms with Crippen molar-refractivity contribution >= 4 is 24.8 Å². The van der Waals surface area contributed by atoms with E-state index in [9.17, 15) is 0 Å². The lowest BCUT2D eigenvalue weighted by Gasteiger charge is -2.36. The van der Waals surface area contributed by atoms with Crippen molar-refractivity contribution in [1.29, 1.82) is 0 Å². The molecule has 0 aromatic carbocycles. The number of nitrogens with one attached hydrogen (secondary N) is 1. The van der Waals surface area contributed by atoms with E-state index >= 15 is 0 Å². The van der Waals surface area contributed by atoms with E-state index in [1.54, 1.807) is 0 Å². The van der Waals surface area contributed by atoms with Gasteiger partial charge in [-0.15, -0.1) is 24.8 Å². The van der Waals surface area contributed by atoms with Gasteiger partial charge in [-0.1, -0.05) is 19.3 Å². The molecule has 14 heavy (non-hydrogen) atoms. The van der Waals surface area contributed by atoms with Gasteiger partial charge in [0.15, 0.2) is 0 Å². The van der Waals surface area contributed by atoms with Gasteiger partial charge in [-0.25, -0.2) is 0 Å². The maximum Gasteiger partial charge on any atom is 0.0221 e. The topological polar surface area (TPSA) is 38.0 Å². The quantitative estimate of drug-likeness (QED) is 0.778. The van der Waals surface area contributed by atoms with Crippen LogP contribution in [-0.4, -0.2) is 18.1 Å². The highest BCUT2D eigenvalue weighted by Crippen LogP contribution is 2.23. The average molecular weight is 241 g/mol. The van der Waals surface area contributed by atoms with Gasteiger partial charge in [0, 0.05) is 18.1 Å². The molecule has 2 aliphatic carbocycles. The Morgan fingerprint density at radius 3 is 2.00 bits per heavy atom. The summed E-state index contributed by atoms with van der Waals surface area (Å²) in [6.07, 6.45) is 9.41. The Balaban J connectivity index is 0.000000845. The number of nitrogens with two attached hydrogens (primary N) is 1. The van der Waals surface area contributed by atoms with Crippen molar-refractivity contribution in [2.24, 2.45) is 5.73 Å². The average Bonchev–Trinajstić information content (AvgIpc) is 2.00. The van der Waals surface area contributed by atoms with Crippen molar-refractivity contribution < 1.29 is 0 Å². The Hall–Kier alpha value is 0.500. The highest BCUT2D eigenvalue weighted by Gasteiger charge is 2.26. The third-order valence-corrected chi connectivity index (χ3v) is 3.37. The summed E-state index contributed by atoms with van der Waals surface area (Å²) in [5.41, 5.74) is 6.04. The molecule has 0 aliphatic heterocycles. The van der Waals surface area contributed by atoms with Gasteiger partial charge in [0.25, 0.3) is 0 Å². The second-order valence-electron chi connectivity index (χ2n) is 4.35. The zero-order valence-corrected chi connectivity index (χ0v) is 10.2. The number of hydrogen-bond acceptors (Lipinski definition) is 2. The number of halogens is 2. The monoisotopic (exact) mass is 240 g/mol. The zero-order valence-electron chi connectivity index (χ0n) is 8.58. The molecule has 0 heterocycles. The molecule has 3 N–H and O–H groups in total. The standard InChI is InChI=1S/C10H20N2.2ClH/c11-9-6-1-2-7-10(9)12-8-4-3-5-8;;/h8-10,12H,1-7,11H2;2*1H/t9-,10-;;/m1../s1. The molecular weight excluding hydrogens is 219 g/mol. The largest absolute Gasteiger partial charge is 0.326 e. The molecule has 2 nitrogen and oxygen atoms in total. The molecule has 86 valence electrons. The highest BCUT2D eigenvalue weighted by atomic mass is 35.5. The van der Waals surface area contributed by atoms with Crippen LogP contribution in [0.4, 0.5) is 0 Å². The minimum absolute atomic E-state index is 0. The van der Waals surface area contributed by atoms with E-state index in [4.69, 9.17) is 5.73 Å². The van der Waals surface area contributed by atoms with E-state index in [0.717, 1.165) is 6.04 Å². The Labute approximate surface area is 99.2 Å². The predicted molar refractivity (Wildman–Crippen MR) is 65.5 cm³/mol. The summed E-state index contributed by atoms with van der Waals surface area (Å²) >= 11 is 0. The van der Waals surface area contributed by atoms with Crippen LogP contribution in [0.1, 0.15) is 44.9 Å². The second kappa shape index (κ2) is 6.89. The Morgan fingerprint density at radius 2 is 1.50 bits per heavy atom. The summed E-state index contributed by atoms with van der Waals surface area (Å²) < 4.78 is 0. The smallest absolute Gasteiger partial charge is 0.0221 e. The van der Waals surface area contributed by atoms with Gasteiger partial charge in [0.2, 0.25) is 0 Å². The van der Waals surface area contributed by atoms with E-state index < -0.39 is 0 Å². The van der Waals surface area contributed by atoms with Crippen LogP contribution >= 0.6 is 24.8 Å². The number of rotatable bonds is 2. The van der Waals surface area contributed by atoms with Crippen molar-refractivity contribution in [1.82, 2.24) is 5.32 Å². The Kier molecular flexibility index (Phi) is 7.13. The first kappa shape index (κ1) is 14.5. The molecule has 2 rings (SSSR count). The van der Waals surface area contributed by atoms with Crippen LogP contribution in [0.5, 0.6) is 0 Å². The van der Waals surface area contributed by atoms with Gasteiger partial charge in [-0.05, 0) is 25.7 Å². The van der Waals surface area contributed by atoms with Crippen molar-refractivity contribution in [3.63, 3.8) is 0 Å². The summed E-state index contributed by atoms with van der Waals surface area (Å²) in [5, 5.41) is 3.68. The maximum absolute atomic E-state index is 6.04. The van der Waals surface area contributed by atoms with Gasteiger partial charge >= 0.3 is 0 Å². The van der Waals surface area contributed by atoms with Gasteiger partial charge in [-0.2, -0.15) is 0 Å². The van der Waals surface area contributed by atoms with E-state index in [2.05, 4.69) is 5.32 Å². The molecule has 2 fully saturated rings. The van der Waals surface area contributed by atoms with E-state index in [1.807, 2.05) is 0 Å². The first-order valence-corrected chi connectivity index (χ1v) is 5.38. The zero-order chi connectivity index (χ0) is 8.39. The molecule has 0 unspecified atom stereocenters. The lowest BCUT2D eigenvalue weighted by Crippen LogP contribution is -2.52. The third-order valence-electron chi connectivity index (χ3n) is 3.37. The van der Waals surface area contributed by atoms with Crippen LogP contribution in [0.3, 0.4) is 0 Å². The molecule has 2 saturated carbocycles. The normalized spacial score (nSPS) is 32.4. The Morgan fingerprint density at radius 1 is 0.857 bits per heavy atom. The van der Waals surface area contributed by atoms with Gasteiger partial charge < -0.3 is 11.1 Å². The molecule has 0 spiro atoms. The Bertz CT molecular complexity index is 151. The van der Waals surface area contributed by atoms with Crippen LogP contribution < -0.4 is 11.1 Å². The van der Waals surface area contributed by atoms with Crippen LogP contribution in [0.15, 0.2) is 0 Å². The fourth-order valence-corrected chi connectivity index (χ4v) is 2.24.